The van der Waals surface area contributed by atoms with Crippen molar-refractivity contribution in [3.8, 4) is 11.1 Å². The van der Waals surface area contributed by atoms with Crippen LogP contribution in [-0.2, 0) is 4.79 Å². The number of aldehydes is 1. The van der Waals surface area contributed by atoms with Crippen LogP contribution in [0.25, 0.3) is 11.1 Å². The van der Waals surface area contributed by atoms with E-state index in [1.54, 1.807) is 4.90 Å². The molecular weight excluding hydrogens is 300 g/mol. The van der Waals surface area contributed by atoms with Crippen LogP contribution in [0.4, 0.5) is 0 Å². The predicted octanol–water partition coefficient (Wildman–Crippen LogP) is 2.79. The molecule has 124 valence electrons. The molecule has 4 nitrogen and oxygen atoms in total. The number of nitrogens with zero attached hydrogens (tertiary/aromatic N) is 1. The molecule has 1 aliphatic heterocycles. The largest absolute Gasteiger partial charge is 0.335 e. The van der Waals surface area contributed by atoms with E-state index in [0.29, 0.717) is 31.5 Å². The second-order valence-corrected chi connectivity index (χ2v) is 6.62. The zero-order chi connectivity index (χ0) is 17.2. The summed E-state index contributed by atoms with van der Waals surface area (Å²) in [7, 11) is 0. The molecule has 0 atom stereocenters. The van der Waals surface area contributed by atoms with Gasteiger partial charge in [-0.2, -0.15) is 0 Å². The van der Waals surface area contributed by atoms with E-state index >= 15 is 0 Å². The molecule has 1 saturated heterocycles. The first-order valence-electron chi connectivity index (χ1n) is 8.20. The van der Waals surface area contributed by atoms with E-state index in [1.807, 2.05) is 55.5 Å². The Balaban J connectivity index is 1.78. The van der Waals surface area contributed by atoms with E-state index in [1.165, 1.54) is 0 Å². The lowest BCUT2D eigenvalue weighted by atomic mass is 9.85. The minimum Gasteiger partial charge on any atom is -0.335 e. The maximum atomic E-state index is 12.8. The van der Waals surface area contributed by atoms with Crippen LogP contribution < -0.4 is 5.73 Å². The van der Waals surface area contributed by atoms with Gasteiger partial charge >= 0.3 is 0 Å². The van der Waals surface area contributed by atoms with Crippen molar-refractivity contribution in [1.82, 2.24) is 4.90 Å². The van der Waals surface area contributed by atoms with Crippen molar-refractivity contribution in [2.75, 3.05) is 13.1 Å². The summed E-state index contributed by atoms with van der Waals surface area (Å²) in [5.41, 5.74) is 9.59. The summed E-state index contributed by atoms with van der Waals surface area (Å²) < 4.78 is 0. The molecule has 0 radical (unpaired) electrons. The zero-order valence-corrected chi connectivity index (χ0v) is 13.9. The number of nitrogens with two attached hydrogens (primary N) is 1. The molecule has 0 aliphatic carbocycles. The molecule has 0 aromatic heterocycles. The third-order valence-electron chi connectivity index (χ3n) is 4.63. The van der Waals surface area contributed by atoms with Crippen molar-refractivity contribution >= 4 is 12.2 Å². The number of benzene rings is 2. The van der Waals surface area contributed by atoms with Crippen LogP contribution >= 0.6 is 0 Å². The highest BCUT2D eigenvalue weighted by molar-refractivity contribution is 5.97. The zero-order valence-electron chi connectivity index (χ0n) is 13.9. The molecule has 1 amide bonds. The van der Waals surface area contributed by atoms with E-state index in [9.17, 15) is 9.59 Å². The van der Waals surface area contributed by atoms with E-state index in [4.69, 9.17) is 5.73 Å². The Morgan fingerprint density at radius 2 is 1.88 bits per heavy atom. The number of rotatable bonds is 5. The number of aryl methyl sites for hydroxylation is 1. The van der Waals surface area contributed by atoms with Gasteiger partial charge in [0.15, 0.2) is 0 Å². The SMILES string of the molecule is Cc1ccc(-c2ccccc2)cc1C(=O)N1CC(N)(CCC=O)C1. The smallest absolute Gasteiger partial charge is 0.254 e. The van der Waals surface area contributed by atoms with E-state index in [2.05, 4.69) is 0 Å². The van der Waals surface area contributed by atoms with E-state index in [0.717, 1.165) is 23.0 Å². The lowest BCUT2D eigenvalue weighted by Gasteiger charge is -2.47. The van der Waals surface area contributed by atoms with Gasteiger partial charge in [-0.3, -0.25) is 4.79 Å². The van der Waals surface area contributed by atoms with Crippen LogP contribution in [0.15, 0.2) is 48.5 Å². The van der Waals surface area contributed by atoms with Crippen LogP contribution in [0.1, 0.15) is 28.8 Å². The normalized spacial score (nSPS) is 15.7. The van der Waals surface area contributed by atoms with Gasteiger partial charge in [0, 0.05) is 25.1 Å². The molecule has 3 rings (SSSR count). The molecular formula is C20H22N2O2. The second-order valence-electron chi connectivity index (χ2n) is 6.62. The average molecular weight is 322 g/mol. The monoisotopic (exact) mass is 322 g/mol. The quantitative estimate of drug-likeness (QED) is 0.861. The molecule has 1 heterocycles. The first kappa shape index (κ1) is 16.4. The van der Waals surface area contributed by atoms with Gasteiger partial charge in [-0.15, -0.1) is 0 Å². The molecule has 2 N–H and O–H groups in total. The van der Waals surface area contributed by atoms with Crippen molar-refractivity contribution in [2.24, 2.45) is 5.73 Å². The number of hydrogen-bond donors (Lipinski definition) is 1. The Bertz CT molecular complexity index is 749. The standard InChI is InChI=1S/C20H22N2O2/c1-15-8-9-17(16-6-3-2-4-7-16)12-18(15)19(24)22-13-20(21,14-22)10-5-11-23/h2-4,6-9,11-12H,5,10,13-14,21H2,1H3. The van der Waals surface area contributed by atoms with Gasteiger partial charge in [-0.05, 0) is 36.1 Å². The summed E-state index contributed by atoms with van der Waals surface area (Å²) in [4.78, 5) is 25.1. The van der Waals surface area contributed by atoms with Gasteiger partial charge in [0.25, 0.3) is 5.91 Å². The van der Waals surface area contributed by atoms with Crippen LogP contribution in [0.2, 0.25) is 0 Å². The molecule has 0 unspecified atom stereocenters. The van der Waals surface area contributed by atoms with Crippen LogP contribution in [0.5, 0.6) is 0 Å². The Morgan fingerprint density at radius 3 is 2.54 bits per heavy atom. The molecule has 2 aromatic carbocycles. The maximum Gasteiger partial charge on any atom is 0.254 e. The van der Waals surface area contributed by atoms with Gasteiger partial charge in [-0.25, -0.2) is 0 Å². The fourth-order valence-corrected chi connectivity index (χ4v) is 3.19. The summed E-state index contributed by atoms with van der Waals surface area (Å²) in [6.45, 7) is 2.97. The first-order valence-corrected chi connectivity index (χ1v) is 8.20. The molecule has 4 heteroatoms. The molecule has 2 aromatic rings. The number of carbonyl (C=O) groups excluding carboxylic acids is 2. The number of hydrogen-bond acceptors (Lipinski definition) is 3. The van der Waals surface area contributed by atoms with Gasteiger partial charge in [0.2, 0.25) is 0 Å². The van der Waals surface area contributed by atoms with E-state index in [-0.39, 0.29) is 5.91 Å². The lowest BCUT2D eigenvalue weighted by molar-refractivity contribution is -0.108. The molecule has 0 spiro atoms. The minimum atomic E-state index is -0.415. The summed E-state index contributed by atoms with van der Waals surface area (Å²) in [5, 5.41) is 0. The maximum absolute atomic E-state index is 12.8. The van der Waals surface area contributed by atoms with Gasteiger partial charge in [0.1, 0.15) is 6.29 Å². The van der Waals surface area contributed by atoms with E-state index < -0.39 is 5.54 Å². The first-order chi connectivity index (χ1) is 11.5. The number of amides is 1. The molecule has 24 heavy (non-hydrogen) atoms. The Hall–Kier alpha value is -2.46. The van der Waals surface area contributed by atoms with Crippen molar-refractivity contribution in [3.05, 3.63) is 59.7 Å². The highest BCUT2D eigenvalue weighted by Gasteiger charge is 2.41. The molecule has 1 aliphatic rings. The summed E-state index contributed by atoms with van der Waals surface area (Å²) in [5.74, 6) is 0.0115. The second kappa shape index (κ2) is 6.57. The third-order valence-corrected chi connectivity index (χ3v) is 4.63. The van der Waals surface area contributed by atoms with Crippen molar-refractivity contribution in [1.29, 1.82) is 0 Å². The Labute approximate surface area is 142 Å². The van der Waals surface area contributed by atoms with Crippen LogP contribution in [0, 0.1) is 6.92 Å². The third kappa shape index (κ3) is 3.24. The predicted molar refractivity (Wildman–Crippen MR) is 94.7 cm³/mol. The highest BCUT2D eigenvalue weighted by Crippen LogP contribution is 2.28. The summed E-state index contributed by atoms with van der Waals surface area (Å²) >= 11 is 0. The van der Waals surface area contributed by atoms with Gasteiger partial charge in [0.05, 0.1) is 5.54 Å². The lowest BCUT2D eigenvalue weighted by Crippen LogP contribution is -2.68. The molecule has 0 bridgehead atoms. The number of carbonyl (C=O) groups is 2. The summed E-state index contributed by atoms with van der Waals surface area (Å²) in [6.07, 6.45) is 1.96. The minimum absolute atomic E-state index is 0.0115. The van der Waals surface area contributed by atoms with Crippen molar-refractivity contribution in [2.45, 2.75) is 25.3 Å². The Kier molecular flexibility index (Phi) is 4.49. The Morgan fingerprint density at radius 1 is 1.17 bits per heavy atom. The molecule has 1 fully saturated rings. The average Bonchev–Trinajstić information content (AvgIpc) is 2.58. The van der Waals surface area contributed by atoms with Gasteiger partial charge < -0.3 is 15.4 Å². The fourth-order valence-electron chi connectivity index (χ4n) is 3.19. The number of likely N-dealkylation sites (tertiary alicyclic amines) is 1. The van der Waals surface area contributed by atoms with Crippen molar-refractivity contribution in [3.63, 3.8) is 0 Å². The van der Waals surface area contributed by atoms with Crippen molar-refractivity contribution < 1.29 is 9.59 Å². The highest BCUT2D eigenvalue weighted by atomic mass is 16.2. The summed E-state index contributed by atoms with van der Waals surface area (Å²) in [6, 6.07) is 16.0. The van der Waals surface area contributed by atoms with Crippen LogP contribution in [-0.4, -0.2) is 35.7 Å². The fraction of sp³-hybridized carbons (Fsp3) is 0.300. The van der Waals surface area contributed by atoms with Gasteiger partial charge in [-0.1, -0.05) is 42.5 Å². The van der Waals surface area contributed by atoms with Crippen LogP contribution in [0.3, 0.4) is 0 Å². The molecule has 0 saturated carbocycles. The topological polar surface area (TPSA) is 63.4 Å².